The van der Waals surface area contributed by atoms with E-state index in [1.165, 1.54) is 0 Å². The highest BCUT2D eigenvalue weighted by atomic mass is 32.1. The summed E-state index contributed by atoms with van der Waals surface area (Å²) in [7, 11) is 0. The van der Waals surface area contributed by atoms with E-state index >= 15 is 0 Å². The van der Waals surface area contributed by atoms with Crippen molar-refractivity contribution in [2.45, 2.75) is 39.0 Å². The zero-order chi connectivity index (χ0) is 15.3. The molecule has 0 radical (unpaired) electrons. The number of hydrogen-bond acceptors (Lipinski definition) is 4. The average Bonchev–Trinajstić information content (AvgIpc) is 2.92. The van der Waals surface area contributed by atoms with Crippen molar-refractivity contribution < 1.29 is 9.84 Å². The molecule has 0 saturated carbocycles. The van der Waals surface area contributed by atoms with Gasteiger partial charge in [-0.05, 0) is 60.9 Å². The fourth-order valence-electron chi connectivity index (χ4n) is 2.12. The zero-order valence-electron chi connectivity index (χ0n) is 12.8. The molecule has 0 aliphatic carbocycles. The lowest BCUT2D eigenvalue weighted by Crippen LogP contribution is -2.34. The Morgan fingerprint density at radius 1 is 1.33 bits per heavy atom. The molecule has 2 rings (SSSR count). The number of nitrogens with one attached hydrogen (secondary N) is 1. The van der Waals surface area contributed by atoms with E-state index < -0.39 is 5.60 Å². The molecule has 1 heterocycles. The van der Waals surface area contributed by atoms with Crippen LogP contribution in [0, 0.1) is 0 Å². The Bertz CT molecular complexity index is 550. The van der Waals surface area contributed by atoms with Crippen LogP contribution in [0.2, 0.25) is 0 Å². The van der Waals surface area contributed by atoms with Crippen LogP contribution < -0.4 is 10.1 Å². The van der Waals surface area contributed by atoms with Crippen molar-refractivity contribution in [1.29, 1.82) is 0 Å². The Labute approximate surface area is 130 Å². The monoisotopic (exact) mass is 305 g/mol. The van der Waals surface area contributed by atoms with Gasteiger partial charge < -0.3 is 15.2 Å². The van der Waals surface area contributed by atoms with Gasteiger partial charge in [0, 0.05) is 13.1 Å². The van der Waals surface area contributed by atoms with Crippen molar-refractivity contribution in [1.82, 2.24) is 5.32 Å². The van der Waals surface area contributed by atoms with Gasteiger partial charge in [-0.1, -0.05) is 12.1 Å². The minimum Gasteiger partial charge on any atom is -0.491 e. The third kappa shape index (κ3) is 4.84. The molecule has 0 saturated heterocycles. The Hall–Kier alpha value is -1.36. The Morgan fingerprint density at radius 3 is 2.81 bits per heavy atom. The van der Waals surface area contributed by atoms with Crippen LogP contribution in [0.15, 0.2) is 41.1 Å². The molecule has 0 amide bonds. The number of thiophene rings is 1. The second-order valence-electron chi connectivity index (χ2n) is 5.70. The van der Waals surface area contributed by atoms with E-state index in [0.29, 0.717) is 13.1 Å². The normalized spacial score (nSPS) is 14.1. The van der Waals surface area contributed by atoms with E-state index in [2.05, 4.69) is 11.4 Å². The van der Waals surface area contributed by atoms with Gasteiger partial charge in [0.15, 0.2) is 0 Å². The minimum absolute atomic E-state index is 0.174. The van der Waals surface area contributed by atoms with Crippen LogP contribution in [-0.2, 0) is 12.1 Å². The Morgan fingerprint density at radius 2 is 2.14 bits per heavy atom. The summed E-state index contributed by atoms with van der Waals surface area (Å²) < 4.78 is 5.69. The van der Waals surface area contributed by atoms with Crippen LogP contribution in [0.5, 0.6) is 5.75 Å². The molecular weight excluding hydrogens is 282 g/mol. The molecule has 4 heteroatoms. The van der Waals surface area contributed by atoms with Crippen LogP contribution in [0.4, 0.5) is 0 Å². The summed E-state index contributed by atoms with van der Waals surface area (Å²) in [6.45, 7) is 7.08. The van der Waals surface area contributed by atoms with Gasteiger partial charge in [-0.3, -0.25) is 0 Å². The molecule has 3 nitrogen and oxygen atoms in total. The van der Waals surface area contributed by atoms with E-state index in [-0.39, 0.29) is 6.10 Å². The number of aliphatic hydroxyl groups is 1. The largest absolute Gasteiger partial charge is 0.491 e. The maximum absolute atomic E-state index is 10.4. The first-order valence-corrected chi connectivity index (χ1v) is 8.13. The predicted octanol–water partition coefficient (Wildman–Crippen LogP) is 3.53. The quantitative estimate of drug-likeness (QED) is 0.822. The fraction of sp³-hybridized carbons (Fsp3) is 0.412. The summed E-state index contributed by atoms with van der Waals surface area (Å²) in [6.07, 6.45) is 0.174. The molecule has 21 heavy (non-hydrogen) atoms. The molecule has 114 valence electrons. The van der Waals surface area contributed by atoms with Gasteiger partial charge in [-0.15, -0.1) is 0 Å². The summed E-state index contributed by atoms with van der Waals surface area (Å²) in [6, 6.07) is 10.0. The smallest absolute Gasteiger partial charge is 0.120 e. The van der Waals surface area contributed by atoms with E-state index in [0.717, 1.165) is 16.9 Å². The maximum Gasteiger partial charge on any atom is 0.120 e. The molecule has 2 aromatic rings. The highest BCUT2D eigenvalue weighted by Crippen LogP contribution is 2.22. The first-order chi connectivity index (χ1) is 9.97. The zero-order valence-corrected chi connectivity index (χ0v) is 13.6. The van der Waals surface area contributed by atoms with Crippen molar-refractivity contribution in [3.8, 4) is 5.75 Å². The van der Waals surface area contributed by atoms with Crippen molar-refractivity contribution in [3.05, 3.63) is 52.2 Å². The third-order valence-corrected chi connectivity index (χ3v) is 3.89. The number of benzene rings is 1. The Kier molecular flexibility index (Phi) is 5.39. The molecule has 0 spiro atoms. The van der Waals surface area contributed by atoms with Gasteiger partial charge in [-0.2, -0.15) is 11.3 Å². The average molecular weight is 305 g/mol. The third-order valence-electron chi connectivity index (χ3n) is 3.21. The number of rotatable bonds is 7. The van der Waals surface area contributed by atoms with Crippen LogP contribution in [0.1, 0.15) is 31.9 Å². The SMILES string of the molecule is CC(C)Oc1cccc(CNCC(C)(O)c2ccsc2)c1. The second kappa shape index (κ2) is 7.07. The van der Waals surface area contributed by atoms with Crippen LogP contribution in [0.3, 0.4) is 0 Å². The second-order valence-corrected chi connectivity index (χ2v) is 6.48. The summed E-state index contributed by atoms with van der Waals surface area (Å²) in [5.74, 6) is 0.883. The van der Waals surface area contributed by atoms with Crippen molar-refractivity contribution in [2.24, 2.45) is 0 Å². The highest BCUT2D eigenvalue weighted by molar-refractivity contribution is 7.08. The van der Waals surface area contributed by atoms with Crippen LogP contribution in [0.25, 0.3) is 0 Å². The lowest BCUT2D eigenvalue weighted by Gasteiger charge is -2.23. The maximum atomic E-state index is 10.4. The number of hydrogen-bond donors (Lipinski definition) is 2. The van der Waals surface area contributed by atoms with Crippen molar-refractivity contribution in [3.63, 3.8) is 0 Å². The van der Waals surface area contributed by atoms with Gasteiger partial charge in [-0.25, -0.2) is 0 Å². The van der Waals surface area contributed by atoms with Crippen molar-refractivity contribution in [2.75, 3.05) is 6.54 Å². The Balaban J connectivity index is 1.88. The standard InChI is InChI=1S/C17H23NO2S/c1-13(2)20-16-6-4-5-14(9-16)10-18-12-17(3,19)15-7-8-21-11-15/h4-9,11,13,18-19H,10,12H2,1-3H3. The molecule has 1 atom stereocenters. The molecule has 0 aliphatic heterocycles. The summed E-state index contributed by atoms with van der Waals surface area (Å²) in [5, 5.41) is 17.7. The van der Waals surface area contributed by atoms with E-state index in [1.54, 1.807) is 11.3 Å². The first kappa shape index (κ1) is 16.0. The van der Waals surface area contributed by atoms with Gasteiger partial charge in [0.2, 0.25) is 0 Å². The molecule has 1 aromatic heterocycles. The first-order valence-electron chi connectivity index (χ1n) is 7.19. The van der Waals surface area contributed by atoms with E-state index in [4.69, 9.17) is 4.74 Å². The lowest BCUT2D eigenvalue weighted by atomic mass is 9.99. The van der Waals surface area contributed by atoms with Gasteiger partial charge >= 0.3 is 0 Å². The molecule has 0 bridgehead atoms. The molecule has 0 aliphatic rings. The molecule has 2 N–H and O–H groups in total. The van der Waals surface area contributed by atoms with Crippen LogP contribution >= 0.6 is 11.3 Å². The van der Waals surface area contributed by atoms with Crippen molar-refractivity contribution >= 4 is 11.3 Å². The van der Waals surface area contributed by atoms with E-state index in [9.17, 15) is 5.11 Å². The predicted molar refractivity (Wildman–Crippen MR) is 87.8 cm³/mol. The van der Waals surface area contributed by atoms with E-state index in [1.807, 2.05) is 55.8 Å². The fourth-order valence-corrected chi connectivity index (χ4v) is 2.91. The van der Waals surface area contributed by atoms with Gasteiger partial charge in [0.25, 0.3) is 0 Å². The van der Waals surface area contributed by atoms with Crippen LogP contribution in [-0.4, -0.2) is 17.8 Å². The minimum atomic E-state index is -0.841. The van der Waals surface area contributed by atoms with Gasteiger partial charge in [0.05, 0.1) is 11.7 Å². The molecule has 1 unspecified atom stereocenters. The topological polar surface area (TPSA) is 41.5 Å². The lowest BCUT2D eigenvalue weighted by molar-refractivity contribution is 0.0571. The summed E-state index contributed by atoms with van der Waals surface area (Å²) >= 11 is 1.60. The molecular formula is C17H23NO2S. The summed E-state index contributed by atoms with van der Waals surface area (Å²) in [4.78, 5) is 0. The summed E-state index contributed by atoms with van der Waals surface area (Å²) in [5.41, 5.74) is 1.26. The number of ether oxygens (including phenoxy) is 1. The molecule has 1 aromatic carbocycles. The van der Waals surface area contributed by atoms with Gasteiger partial charge in [0.1, 0.15) is 5.75 Å². The molecule has 0 fully saturated rings. The highest BCUT2D eigenvalue weighted by Gasteiger charge is 2.22.